The number of benzene rings is 1. The predicted octanol–water partition coefficient (Wildman–Crippen LogP) is -0.823. The second-order valence-corrected chi connectivity index (χ2v) is 2.40. The number of hydrogen-bond acceptors (Lipinski definition) is 3. The summed E-state index contributed by atoms with van der Waals surface area (Å²) in [7, 11) is 3.13. The maximum atomic E-state index is 5.11. The van der Waals surface area contributed by atoms with E-state index in [-0.39, 0.29) is 29.6 Å². The van der Waals surface area contributed by atoms with Gasteiger partial charge in [0, 0.05) is 6.07 Å². The minimum atomic E-state index is 0. The molecular weight excluding hydrogens is 209 g/mol. The fourth-order valence-corrected chi connectivity index (χ4v) is 1.11. The van der Waals surface area contributed by atoms with E-state index in [1.807, 2.05) is 6.07 Å². The molecule has 0 unspecified atom stereocenters. The fourth-order valence-electron chi connectivity index (χ4n) is 1.01. The van der Waals surface area contributed by atoms with E-state index in [4.69, 9.17) is 9.47 Å². The standard InChI is InChI=1S/C9H9NO2S.Na/c1-11-8-5-3-4-7(10-6-13)9(8)12-2;/h3-5H,1-2H3;/q;+1. The maximum Gasteiger partial charge on any atom is 1.00 e. The average molecular weight is 218 g/mol. The van der Waals surface area contributed by atoms with Gasteiger partial charge in [-0.15, -0.1) is 0 Å². The summed E-state index contributed by atoms with van der Waals surface area (Å²) in [6.07, 6.45) is 0. The van der Waals surface area contributed by atoms with Crippen LogP contribution in [0, 0.1) is 5.40 Å². The van der Waals surface area contributed by atoms with Crippen molar-refractivity contribution in [1.29, 1.82) is 0 Å². The van der Waals surface area contributed by atoms with Crippen molar-refractivity contribution in [2.24, 2.45) is 0 Å². The SMILES string of the molecule is COc1cccc([N+]#C[S-])c1OC.[Na+]. The Morgan fingerprint density at radius 3 is 2.50 bits per heavy atom. The van der Waals surface area contributed by atoms with E-state index in [9.17, 15) is 0 Å². The Morgan fingerprint density at radius 1 is 1.29 bits per heavy atom. The molecule has 3 nitrogen and oxygen atoms in total. The van der Waals surface area contributed by atoms with Crippen LogP contribution < -0.4 is 39.0 Å². The molecule has 14 heavy (non-hydrogen) atoms. The van der Waals surface area contributed by atoms with Gasteiger partial charge in [0.1, 0.15) is 5.40 Å². The molecule has 0 bridgehead atoms. The summed E-state index contributed by atoms with van der Waals surface area (Å²) in [4.78, 5) is 3.85. The first kappa shape index (κ1) is 13.5. The van der Waals surface area contributed by atoms with E-state index in [0.717, 1.165) is 0 Å². The van der Waals surface area contributed by atoms with Crippen LogP contribution in [0.1, 0.15) is 0 Å². The first-order valence-corrected chi connectivity index (χ1v) is 4.03. The molecule has 1 aromatic rings. The molecule has 0 radical (unpaired) electrons. The molecule has 0 aliphatic carbocycles. The third-order valence-electron chi connectivity index (χ3n) is 1.55. The summed E-state index contributed by atoms with van der Waals surface area (Å²) in [6, 6.07) is 5.38. The number of nitrogens with zero attached hydrogens (tertiary/aromatic N) is 1. The Kier molecular flexibility index (Phi) is 6.67. The van der Waals surface area contributed by atoms with Crippen molar-refractivity contribution in [3.8, 4) is 16.9 Å². The van der Waals surface area contributed by atoms with Crippen LogP contribution in [0.4, 0.5) is 5.69 Å². The van der Waals surface area contributed by atoms with Gasteiger partial charge in [-0.05, 0) is 6.07 Å². The molecule has 0 aliphatic heterocycles. The summed E-state index contributed by atoms with van der Waals surface area (Å²) in [5, 5.41) is 2.28. The van der Waals surface area contributed by atoms with Gasteiger partial charge >= 0.3 is 35.2 Å². The Labute approximate surface area is 111 Å². The van der Waals surface area contributed by atoms with Crippen molar-refractivity contribution in [1.82, 2.24) is 0 Å². The molecule has 0 aliphatic rings. The smallest absolute Gasteiger partial charge is 0.642 e. The zero-order valence-electron chi connectivity index (χ0n) is 8.40. The van der Waals surface area contributed by atoms with Crippen LogP contribution in [0.25, 0.3) is 4.85 Å². The van der Waals surface area contributed by atoms with E-state index in [1.165, 1.54) is 0 Å². The molecule has 0 atom stereocenters. The Bertz CT molecular complexity index is 360. The Balaban J connectivity index is 0.00000169. The molecule has 1 rings (SSSR count). The zero-order chi connectivity index (χ0) is 9.68. The first-order chi connectivity index (χ1) is 6.33. The van der Waals surface area contributed by atoms with Gasteiger partial charge < -0.3 is 22.1 Å². The molecule has 1 aromatic carbocycles. The van der Waals surface area contributed by atoms with E-state index in [2.05, 4.69) is 22.9 Å². The van der Waals surface area contributed by atoms with E-state index in [1.54, 1.807) is 26.4 Å². The van der Waals surface area contributed by atoms with Crippen molar-refractivity contribution >= 4 is 18.3 Å². The normalized spacial score (nSPS) is 7.86. The van der Waals surface area contributed by atoms with Crippen LogP contribution in [0.5, 0.6) is 11.5 Å². The molecule has 0 N–H and O–H groups in total. The van der Waals surface area contributed by atoms with Gasteiger partial charge in [-0.2, -0.15) is 0 Å². The maximum absolute atomic E-state index is 5.11. The third kappa shape index (κ3) is 3.03. The van der Waals surface area contributed by atoms with Crippen molar-refractivity contribution < 1.29 is 39.0 Å². The molecule has 0 heterocycles. The number of rotatable bonds is 2. The zero-order valence-corrected chi connectivity index (χ0v) is 11.2. The number of methoxy groups -OCH3 is 2. The average Bonchev–Trinajstić information content (AvgIpc) is 2.18. The summed E-state index contributed by atoms with van der Waals surface area (Å²) < 4.78 is 10.2. The van der Waals surface area contributed by atoms with Crippen molar-refractivity contribution in [3.63, 3.8) is 0 Å². The molecule has 5 heteroatoms. The molecule has 0 saturated heterocycles. The minimum Gasteiger partial charge on any atom is -0.642 e. The van der Waals surface area contributed by atoms with Gasteiger partial charge in [0.2, 0.25) is 0 Å². The molecule has 68 valence electrons. The van der Waals surface area contributed by atoms with Gasteiger partial charge in [-0.1, -0.05) is 10.9 Å². The van der Waals surface area contributed by atoms with Crippen molar-refractivity contribution in [2.75, 3.05) is 14.2 Å². The Hall–Kier alpha value is -0.470. The van der Waals surface area contributed by atoms with Crippen LogP contribution in [-0.4, -0.2) is 14.2 Å². The van der Waals surface area contributed by atoms with Crippen LogP contribution in [0.3, 0.4) is 0 Å². The molecule has 0 saturated carbocycles. The molecule has 0 amide bonds. The minimum absolute atomic E-state index is 0. The largest absolute Gasteiger partial charge is 1.00 e. The summed E-state index contributed by atoms with van der Waals surface area (Å²) >= 11 is 4.51. The van der Waals surface area contributed by atoms with Crippen LogP contribution >= 0.6 is 0 Å². The van der Waals surface area contributed by atoms with E-state index < -0.39 is 0 Å². The quantitative estimate of drug-likeness (QED) is 0.368. The van der Waals surface area contributed by atoms with Gasteiger partial charge in [0.25, 0.3) is 5.75 Å². The second kappa shape index (κ2) is 6.91. The van der Waals surface area contributed by atoms with Gasteiger partial charge in [-0.3, -0.25) is 0 Å². The summed E-state index contributed by atoms with van der Waals surface area (Å²) in [6.45, 7) is 0. The monoisotopic (exact) mass is 218 g/mol. The molecule has 0 spiro atoms. The van der Waals surface area contributed by atoms with Crippen molar-refractivity contribution in [3.05, 3.63) is 23.0 Å². The first-order valence-electron chi connectivity index (χ1n) is 3.62. The van der Waals surface area contributed by atoms with Gasteiger partial charge in [0.15, 0.2) is 5.75 Å². The Morgan fingerprint density at radius 2 is 2.00 bits per heavy atom. The van der Waals surface area contributed by atoms with Gasteiger partial charge in [-0.25, -0.2) is 0 Å². The number of ether oxygens (including phenoxy) is 2. The summed E-state index contributed by atoms with van der Waals surface area (Å²) in [5.74, 6) is 1.20. The van der Waals surface area contributed by atoms with E-state index in [0.29, 0.717) is 17.2 Å². The van der Waals surface area contributed by atoms with Crippen LogP contribution in [0.15, 0.2) is 18.2 Å². The third-order valence-corrected chi connectivity index (χ3v) is 1.64. The molecule has 0 fully saturated rings. The van der Waals surface area contributed by atoms with Crippen LogP contribution in [-0.2, 0) is 12.6 Å². The molecular formula is C9H9NNaO2S+. The second-order valence-electron chi connectivity index (χ2n) is 2.22. The van der Waals surface area contributed by atoms with E-state index >= 15 is 0 Å². The molecule has 0 aromatic heterocycles. The topological polar surface area (TPSA) is 22.8 Å². The number of para-hydroxylation sites is 1. The number of thiocyanates is 1. The fraction of sp³-hybridized carbons (Fsp3) is 0.222. The van der Waals surface area contributed by atoms with Crippen molar-refractivity contribution in [2.45, 2.75) is 0 Å². The predicted molar refractivity (Wildman–Crippen MR) is 53.8 cm³/mol. The van der Waals surface area contributed by atoms with Crippen LogP contribution in [0.2, 0.25) is 0 Å². The number of hydrogen-bond donors (Lipinski definition) is 0. The van der Waals surface area contributed by atoms with Gasteiger partial charge in [0.05, 0.1) is 14.2 Å². The summed E-state index contributed by atoms with van der Waals surface area (Å²) in [5.41, 5.74) is 0.622.